The van der Waals surface area contributed by atoms with E-state index in [0.29, 0.717) is 0 Å². The van der Waals surface area contributed by atoms with Gasteiger partial charge in [0.1, 0.15) is 0 Å². The van der Waals surface area contributed by atoms with Gasteiger partial charge in [0.15, 0.2) is 0 Å². The molecule has 2 N–H and O–H groups in total. The molecule has 19 heavy (non-hydrogen) atoms. The molecule has 0 aliphatic carbocycles. The Morgan fingerprint density at radius 3 is 2.42 bits per heavy atom. The number of nitrogens with two attached hydrogens (primary N) is 1. The predicted octanol–water partition coefficient (Wildman–Crippen LogP) is 2.25. The van der Waals surface area contributed by atoms with Crippen LogP contribution in [0.2, 0.25) is 0 Å². The van der Waals surface area contributed by atoms with E-state index in [1.807, 2.05) is 0 Å². The van der Waals surface area contributed by atoms with Crippen LogP contribution in [0, 0.1) is 6.92 Å². The highest BCUT2D eigenvalue weighted by Crippen LogP contribution is 2.16. The monoisotopic (exact) mass is 261 g/mol. The first kappa shape index (κ1) is 14.4. The van der Waals surface area contributed by atoms with Crippen molar-refractivity contribution in [3.8, 4) is 0 Å². The van der Waals surface area contributed by atoms with Crippen LogP contribution in [0.1, 0.15) is 24.8 Å². The van der Waals surface area contributed by atoms with Crippen LogP contribution in [0.5, 0.6) is 0 Å². The van der Waals surface area contributed by atoms with Gasteiger partial charge in [-0.15, -0.1) is 0 Å². The fourth-order valence-corrected chi connectivity index (χ4v) is 2.68. The number of anilines is 1. The molecule has 1 saturated heterocycles. The number of aryl methyl sites for hydroxylation is 1. The fourth-order valence-electron chi connectivity index (χ4n) is 2.68. The van der Waals surface area contributed by atoms with Crippen LogP contribution in [0.15, 0.2) is 24.3 Å². The molecule has 1 aromatic rings. The van der Waals surface area contributed by atoms with Crippen molar-refractivity contribution in [3.63, 3.8) is 0 Å². The normalized spacial score (nSPS) is 15.9. The maximum absolute atomic E-state index is 5.66. The lowest BCUT2D eigenvalue weighted by Crippen LogP contribution is -2.35. The molecule has 1 heterocycles. The number of hydrogen-bond donors (Lipinski definition) is 1. The van der Waals surface area contributed by atoms with E-state index in [-0.39, 0.29) is 0 Å². The highest BCUT2D eigenvalue weighted by molar-refractivity contribution is 5.47. The fraction of sp³-hybridized carbons (Fsp3) is 0.625. The molecule has 0 unspecified atom stereocenters. The zero-order valence-corrected chi connectivity index (χ0v) is 12.1. The molecule has 0 bridgehead atoms. The van der Waals surface area contributed by atoms with Gasteiger partial charge < -0.3 is 15.5 Å². The molecule has 0 aromatic heterocycles. The van der Waals surface area contributed by atoms with Crippen molar-refractivity contribution in [1.29, 1.82) is 0 Å². The number of benzene rings is 1. The van der Waals surface area contributed by atoms with Crippen molar-refractivity contribution >= 4 is 5.69 Å². The molecule has 0 amide bonds. The topological polar surface area (TPSA) is 32.5 Å². The molecular formula is C16H27N3. The SMILES string of the molecule is Cc1ccc(N(CCCN)CCN2CCCC2)cc1. The first-order chi connectivity index (χ1) is 9.29. The van der Waals surface area contributed by atoms with Crippen molar-refractivity contribution in [2.24, 2.45) is 5.73 Å². The summed E-state index contributed by atoms with van der Waals surface area (Å²) >= 11 is 0. The lowest BCUT2D eigenvalue weighted by molar-refractivity contribution is 0.344. The van der Waals surface area contributed by atoms with Gasteiger partial charge in [-0.3, -0.25) is 0 Å². The van der Waals surface area contributed by atoms with Crippen molar-refractivity contribution in [3.05, 3.63) is 29.8 Å². The van der Waals surface area contributed by atoms with Crippen LogP contribution in [0.25, 0.3) is 0 Å². The van der Waals surface area contributed by atoms with Gasteiger partial charge in [0, 0.05) is 25.3 Å². The number of hydrogen-bond acceptors (Lipinski definition) is 3. The van der Waals surface area contributed by atoms with Crippen molar-refractivity contribution in [1.82, 2.24) is 4.90 Å². The molecule has 0 atom stereocenters. The number of rotatable bonds is 7. The Balaban J connectivity index is 1.91. The first-order valence-corrected chi connectivity index (χ1v) is 7.53. The van der Waals surface area contributed by atoms with E-state index in [2.05, 4.69) is 41.0 Å². The summed E-state index contributed by atoms with van der Waals surface area (Å²) in [6.07, 6.45) is 3.80. The number of nitrogens with zero attached hydrogens (tertiary/aromatic N) is 2. The Morgan fingerprint density at radius 1 is 1.11 bits per heavy atom. The van der Waals surface area contributed by atoms with Gasteiger partial charge >= 0.3 is 0 Å². The summed E-state index contributed by atoms with van der Waals surface area (Å²) in [4.78, 5) is 5.05. The van der Waals surface area contributed by atoms with Gasteiger partial charge in [-0.05, 0) is 58.0 Å². The summed E-state index contributed by atoms with van der Waals surface area (Å²) in [5, 5.41) is 0. The Morgan fingerprint density at radius 2 is 1.79 bits per heavy atom. The zero-order chi connectivity index (χ0) is 13.5. The van der Waals surface area contributed by atoms with Crippen LogP contribution in [0.4, 0.5) is 5.69 Å². The van der Waals surface area contributed by atoms with Gasteiger partial charge in [-0.25, -0.2) is 0 Å². The molecule has 0 saturated carbocycles. The number of likely N-dealkylation sites (tertiary alicyclic amines) is 1. The highest BCUT2D eigenvalue weighted by atomic mass is 15.2. The molecule has 0 spiro atoms. The van der Waals surface area contributed by atoms with Crippen LogP contribution in [0.3, 0.4) is 0 Å². The van der Waals surface area contributed by atoms with Crippen LogP contribution < -0.4 is 10.6 Å². The molecule has 106 valence electrons. The minimum Gasteiger partial charge on any atom is -0.370 e. The lowest BCUT2D eigenvalue weighted by atomic mass is 10.2. The molecule has 1 aromatic carbocycles. The van der Waals surface area contributed by atoms with E-state index < -0.39 is 0 Å². The van der Waals surface area contributed by atoms with Crippen LogP contribution >= 0.6 is 0 Å². The van der Waals surface area contributed by atoms with Gasteiger partial charge in [-0.1, -0.05) is 17.7 Å². The molecule has 0 radical (unpaired) electrons. The van der Waals surface area contributed by atoms with Gasteiger partial charge in [-0.2, -0.15) is 0 Å². The maximum atomic E-state index is 5.66. The minimum atomic E-state index is 0.770. The third-order valence-electron chi connectivity index (χ3n) is 3.92. The quantitative estimate of drug-likeness (QED) is 0.817. The van der Waals surface area contributed by atoms with E-state index in [1.165, 1.54) is 43.7 Å². The molecule has 1 aliphatic rings. The van der Waals surface area contributed by atoms with Crippen molar-refractivity contribution < 1.29 is 0 Å². The second kappa shape index (κ2) is 7.51. The summed E-state index contributed by atoms with van der Waals surface area (Å²) < 4.78 is 0. The van der Waals surface area contributed by atoms with Crippen molar-refractivity contribution in [2.45, 2.75) is 26.2 Å². The Labute approximate surface area is 117 Å². The van der Waals surface area contributed by atoms with Gasteiger partial charge in [0.05, 0.1) is 0 Å². The molecule has 3 heteroatoms. The van der Waals surface area contributed by atoms with E-state index in [0.717, 1.165) is 26.1 Å². The third kappa shape index (κ3) is 4.51. The van der Waals surface area contributed by atoms with E-state index in [4.69, 9.17) is 5.73 Å². The summed E-state index contributed by atoms with van der Waals surface area (Å²) in [6, 6.07) is 8.85. The van der Waals surface area contributed by atoms with Crippen molar-refractivity contribution in [2.75, 3.05) is 44.2 Å². The van der Waals surface area contributed by atoms with E-state index >= 15 is 0 Å². The average molecular weight is 261 g/mol. The smallest absolute Gasteiger partial charge is 0.0366 e. The second-order valence-corrected chi connectivity index (χ2v) is 5.51. The first-order valence-electron chi connectivity index (χ1n) is 7.53. The largest absolute Gasteiger partial charge is 0.370 e. The summed E-state index contributed by atoms with van der Waals surface area (Å²) in [7, 11) is 0. The van der Waals surface area contributed by atoms with Gasteiger partial charge in [0.2, 0.25) is 0 Å². The Hall–Kier alpha value is -1.06. The van der Waals surface area contributed by atoms with Gasteiger partial charge in [0.25, 0.3) is 0 Å². The van der Waals surface area contributed by atoms with Crippen LogP contribution in [-0.4, -0.2) is 44.2 Å². The van der Waals surface area contributed by atoms with E-state index in [9.17, 15) is 0 Å². The molecule has 1 aliphatic heterocycles. The highest BCUT2D eigenvalue weighted by Gasteiger charge is 2.13. The lowest BCUT2D eigenvalue weighted by Gasteiger charge is -2.27. The standard InChI is InChI=1S/C16H27N3/c1-15-5-7-16(8-6-15)19(12-4-9-17)14-13-18-10-2-3-11-18/h5-8H,2-4,9-14,17H2,1H3. The average Bonchev–Trinajstić information content (AvgIpc) is 2.93. The molecule has 2 rings (SSSR count). The van der Waals surface area contributed by atoms with Crippen LogP contribution in [-0.2, 0) is 0 Å². The third-order valence-corrected chi connectivity index (χ3v) is 3.92. The summed E-state index contributed by atoms with van der Waals surface area (Å²) in [5.41, 5.74) is 8.31. The molecule has 1 fully saturated rings. The van der Waals surface area contributed by atoms with E-state index in [1.54, 1.807) is 0 Å². The summed E-state index contributed by atoms with van der Waals surface area (Å²) in [6.45, 7) is 8.82. The Kier molecular flexibility index (Phi) is 5.67. The molecule has 3 nitrogen and oxygen atoms in total. The minimum absolute atomic E-state index is 0.770. The zero-order valence-electron chi connectivity index (χ0n) is 12.1. The Bertz CT molecular complexity index is 355. The predicted molar refractivity (Wildman–Crippen MR) is 82.7 cm³/mol. The molecular weight excluding hydrogens is 234 g/mol. The maximum Gasteiger partial charge on any atom is 0.0366 e. The second-order valence-electron chi connectivity index (χ2n) is 5.51. The summed E-state index contributed by atoms with van der Waals surface area (Å²) in [5.74, 6) is 0.